The highest BCUT2D eigenvalue weighted by atomic mass is 15.2. The first-order valence-electron chi connectivity index (χ1n) is 23.1. The fourth-order valence-electron chi connectivity index (χ4n) is 10.9. The first-order chi connectivity index (χ1) is 32.2. The first kappa shape index (κ1) is 38.6. The topological polar surface area (TPSA) is 48.5 Å². The lowest BCUT2D eigenvalue weighted by Gasteiger charge is -2.42. The van der Waals surface area contributed by atoms with Gasteiger partial charge < -0.3 is 4.57 Å². The fourth-order valence-corrected chi connectivity index (χ4v) is 10.9. The van der Waals surface area contributed by atoms with Crippen LogP contribution in [-0.4, -0.2) is 24.1 Å². The van der Waals surface area contributed by atoms with E-state index >= 15 is 0 Å². The maximum absolute atomic E-state index is 5.45. The van der Waals surface area contributed by atoms with Gasteiger partial charge in [0.2, 0.25) is 5.95 Å². The minimum atomic E-state index is 0.0659. The van der Waals surface area contributed by atoms with Crippen molar-refractivity contribution in [1.29, 1.82) is 0 Å². The zero-order valence-electron chi connectivity index (χ0n) is 37.5. The second-order valence-electron chi connectivity index (χ2n) is 19.5. The van der Waals surface area contributed by atoms with Crippen LogP contribution < -0.4 is 0 Å². The fraction of sp³-hybridized carbons (Fsp3) is 0.131. The number of para-hydroxylation sites is 1. The van der Waals surface area contributed by atoms with Gasteiger partial charge in [0.25, 0.3) is 0 Å². The number of aromatic nitrogens is 5. The van der Waals surface area contributed by atoms with E-state index in [-0.39, 0.29) is 10.8 Å². The molecule has 0 bridgehead atoms. The van der Waals surface area contributed by atoms with Crippen molar-refractivity contribution in [1.82, 2.24) is 24.1 Å². The molecule has 316 valence electrons. The predicted molar refractivity (Wildman–Crippen MR) is 275 cm³/mol. The lowest BCUT2D eigenvalue weighted by Crippen LogP contribution is -2.33. The van der Waals surface area contributed by atoms with E-state index in [2.05, 4.69) is 207 Å². The summed E-state index contributed by atoms with van der Waals surface area (Å²) in [5.74, 6) is 1.83. The quantitative estimate of drug-likeness (QED) is 0.173. The van der Waals surface area contributed by atoms with Crippen molar-refractivity contribution in [2.45, 2.75) is 51.4 Å². The molecule has 5 nitrogen and oxygen atoms in total. The van der Waals surface area contributed by atoms with Crippen LogP contribution in [-0.2, 0) is 10.8 Å². The Kier molecular flexibility index (Phi) is 8.36. The summed E-state index contributed by atoms with van der Waals surface area (Å²) in [5.41, 5.74) is 12.9. The highest BCUT2D eigenvalue weighted by Crippen LogP contribution is 2.49. The van der Waals surface area contributed by atoms with Gasteiger partial charge in [-0.1, -0.05) is 161 Å². The molecule has 0 aliphatic heterocycles. The van der Waals surface area contributed by atoms with E-state index in [9.17, 15) is 0 Å². The van der Waals surface area contributed by atoms with Crippen LogP contribution in [0.5, 0.6) is 0 Å². The van der Waals surface area contributed by atoms with E-state index < -0.39 is 0 Å². The molecule has 0 fully saturated rings. The molecule has 0 spiro atoms. The highest BCUT2D eigenvalue weighted by molar-refractivity contribution is 6.25. The molecule has 3 heterocycles. The second kappa shape index (κ2) is 14.3. The van der Waals surface area contributed by atoms with Crippen molar-refractivity contribution in [2.24, 2.45) is 0 Å². The molecular formula is C61H47N5. The maximum Gasteiger partial charge on any atom is 0.238 e. The van der Waals surface area contributed by atoms with Crippen LogP contribution in [0.1, 0.15) is 51.7 Å². The summed E-state index contributed by atoms with van der Waals surface area (Å²) in [4.78, 5) is 16.0. The van der Waals surface area contributed by atoms with Crippen LogP contribution in [0.2, 0.25) is 0 Å². The Bertz CT molecular complexity index is 3920. The molecule has 1 aliphatic carbocycles. The standard InChI is InChI=1S/C61H47N5/c1-60(2)30-31-61(3,4)51-36-53-48(35-50(51)60)47-34-49-55(37-54(47)65(53)45-21-12-7-13-22-45)66(52-29-28-39-18-14-15-23-46(39)56(49)52)59-63-57(40-19-10-6-11-20-40)62-58(64-59)44-27-26-42-32-41(24-25-43(42)33-44)38-16-8-5-9-17-38/h5-29,32-37H,30-31H2,1-4H3. The van der Waals surface area contributed by atoms with Crippen molar-refractivity contribution in [3.05, 3.63) is 199 Å². The number of hydrogen-bond acceptors (Lipinski definition) is 3. The molecule has 1 aliphatic rings. The summed E-state index contributed by atoms with van der Waals surface area (Å²) in [6.07, 6.45) is 2.32. The van der Waals surface area contributed by atoms with Gasteiger partial charge in [-0.05, 0) is 122 Å². The van der Waals surface area contributed by atoms with E-state index in [1.165, 1.54) is 60.1 Å². The summed E-state index contributed by atoms with van der Waals surface area (Å²) in [7, 11) is 0. The molecule has 0 radical (unpaired) electrons. The van der Waals surface area contributed by atoms with Gasteiger partial charge in [0, 0.05) is 38.4 Å². The van der Waals surface area contributed by atoms with Gasteiger partial charge in [-0.3, -0.25) is 4.57 Å². The molecule has 0 saturated carbocycles. The molecule has 0 N–H and O–H groups in total. The van der Waals surface area contributed by atoms with Gasteiger partial charge in [-0.2, -0.15) is 9.97 Å². The Hall–Kier alpha value is -7.89. The molecule has 0 saturated heterocycles. The van der Waals surface area contributed by atoms with Crippen LogP contribution in [0.25, 0.3) is 111 Å². The highest BCUT2D eigenvalue weighted by Gasteiger charge is 2.38. The van der Waals surface area contributed by atoms with Crippen LogP contribution in [0.4, 0.5) is 0 Å². The largest absolute Gasteiger partial charge is 0.309 e. The molecule has 3 aromatic heterocycles. The first-order valence-corrected chi connectivity index (χ1v) is 23.1. The zero-order valence-corrected chi connectivity index (χ0v) is 37.5. The molecule has 12 aromatic rings. The average molecular weight is 850 g/mol. The third kappa shape index (κ3) is 5.96. The lowest BCUT2D eigenvalue weighted by atomic mass is 9.63. The Morgan fingerprint density at radius 2 is 0.909 bits per heavy atom. The monoisotopic (exact) mass is 849 g/mol. The second-order valence-corrected chi connectivity index (χ2v) is 19.5. The van der Waals surface area contributed by atoms with E-state index in [1.807, 2.05) is 18.2 Å². The summed E-state index contributed by atoms with van der Waals surface area (Å²) < 4.78 is 4.76. The van der Waals surface area contributed by atoms with Crippen molar-refractivity contribution in [2.75, 3.05) is 0 Å². The number of benzene rings is 9. The van der Waals surface area contributed by atoms with Gasteiger partial charge in [-0.15, -0.1) is 0 Å². The van der Waals surface area contributed by atoms with Gasteiger partial charge in [-0.25, -0.2) is 4.98 Å². The van der Waals surface area contributed by atoms with E-state index in [0.717, 1.165) is 57.0 Å². The molecule has 0 unspecified atom stereocenters. The Balaban J connectivity index is 1.12. The van der Waals surface area contributed by atoms with Crippen molar-refractivity contribution < 1.29 is 0 Å². The van der Waals surface area contributed by atoms with Crippen molar-refractivity contribution in [3.8, 4) is 45.5 Å². The van der Waals surface area contributed by atoms with Gasteiger partial charge >= 0.3 is 0 Å². The third-order valence-electron chi connectivity index (χ3n) is 14.6. The van der Waals surface area contributed by atoms with E-state index in [0.29, 0.717) is 17.6 Å². The SMILES string of the molecule is CC1(C)CCC(C)(C)c2cc3c(cc21)c1cc2c4c5ccccc5ccc4n(-c4nc(-c5ccccc5)nc(-c5ccc6cc(-c7ccccc7)ccc6c5)n4)c2cc1n3-c1ccccc1. The molecule has 66 heavy (non-hydrogen) atoms. The summed E-state index contributed by atoms with van der Waals surface area (Å²) in [6, 6.07) is 68.0. The lowest BCUT2D eigenvalue weighted by molar-refractivity contribution is 0.332. The minimum absolute atomic E-state index is 0.0659. The molecule has 0 amide bonds. The predicted octanol–water partition coefficient (Wildman–Crippen LogP) is 15.7. The van der Waals surface area contributed by atoms with Crippen LogP contribution in [0.15, 0.2) is 188 Å². The number of rotatable bonds is 5. The van der Waals surface area contributed by atoms with E-state index in [4.69, 9.17) is 15.0 Å². The van der Waals surface area contributed by atoms with Crippen LogP contribution in [0, 0.1) is 0 Å². The summed E-state index contributed by atoms with van der Waals surface area (Å²) in [5, 5.41) is 9.57. The normalized spacial score (nSPS) is 14.5. The Labute approximate surface area is 383 Å². The number of nitrogens with zero attached hydrogens (tertiary/aromatic N) is 5. The van der Waals surface area contributed by atoms with Crippen molar-refractivity contribution in [3.63, 3.8) is 0 Å². The molecule has 9 aromatic carbocycles. The van der Waals surface area contributed by atoms with Crippen LogP contribution in [0.3, 0.4) is 0 Å². The van der Waals surface area contributed by atoms with E-state index in [1.54, 1.807) is 0 Å². The van der Waals surface area contributed by atoms with Crippen LogP contribution >= 0.6 is 0 Å². The number of fused-ring (bicyclic) bond motifs is 10. The van der Waals surface area contributed by atoms with Gasteiger partial charge in [0.05, 0.1) is 22.1 Å². The maximum atomic E-state index is 5.45. The number of hydrogen-bond donors (Lipinski definition) is 0. The minimum Gasteiger partial charge on any atom is -0.309 e. The molecule has 5 heteroatoms. The zero-order chi connectivity index (χ0) is 44.3. The van der Waals surface area contributed by atoms with Gasteiger partial charge in [0.1, 0.15) is 0 Å². The average Bonchev–Trinajstić information content (AvgIpc) is 3.86. The molecule has 13 rings (SSSR count). The van der Waals surface area contributed by atoms with Crippen molar-refractivity contribution >= 4 is 65.2 Å². The molecule has 0 atom stereocenters. The smallest absolute Gasteiger partial charge is 0.238 e. The van der Waals surface area contributed by atoms with Gasteiger partial charge in [0.15, 0.2) is 11.6 Å². The Morgan fingerprint density at radius 1 is 0.364 bits per heavy atom. The summed E-state index contributed by atoms with van der Waals surface area (Å²) >= 11 is 0. The third-order valence-corrected chi connectivity index (χ3v) is 14.6. The molecular weight excluding hydrogens is 803 g/mol. The summed E-state index contributed by atoms with van der Waals surface area (Å²) in [6.45, 7) is 9.69. The Morgan fingerprint density at radius 3 is 1.64 bits per heavy atom.